The molecule has 14 heavy (non-hydrogen) atoms. The number of halogens is 1. The molecule has 0 aliphatic heterocycles. The van der Waals surface area contributed by atoms with E-state index in [9.17, 15) is 19.6 Å². The fourth-order valence-corrected chi connectivity index (χ4v) is 1.05. The summed E-state index contributed by atoms with van der Waals surface area (Å²) in [5, 5.41) is 19.8. The van der Waals surface area contributed by atoms with Crippen molar-refractivity contribution in [1.29, 1.82) is 0 Å². The number of nitro benzene ring substituents is 1. The van der Waals surface area contributed by atoms with Crippen molar-refractivity contribution >= 4 is 5.69 Å². The van der Waals surface area contributed by atoms with Gasteiger partial charge in [0, 0.05) is 0 Å². The minimum absolute atomic E-state index is 0.0337. The Balaban J connectivity index is 3.28. The van der Waals surface area contributed by atoms with Gasteiger partial charge in [0.25, 0.3) is 5.69 Å². The number of nitro groups is 1. The summed E-state index contributed by atoms with van der Waals surface area (Å²) >= 11 is 0. The van der Waals surface area contributed by atoms with E-state index in [-0.39, 0.29) is 5.56 Å². The minimum Gasteiger partial charge on any atom is -0.384 e. The lowest BCUT2D eigenvalue weighted by Gasteiger charge is -2.05. The van der Waals surface area contributed by atoms with E-state index in [0.717, 1.165) is 18.2 Å². The van der Waals surface area contributed by atoms with Crippen LogP contribution >= 0.6 is 0 Å². The molecule has 0 heterocycles. The average molecular weight is 197 g/mol. The maximum absolute atomic E-state index is 12.7. The van der Waals surface area contributed by atoms with Crippen LogP contribution in [0.2, 0.25) is 0 Å². The molecule has 5 heteroatoms. The van der Waals surface area contributed by atoms with E-state index in [4.69, 9.17) is 0 Å². The maximum atomic E-state index is 12.7. The normalized spacial score (nSPS) is 12.1. The quantitative estimate of drug-likeness (QED) is 0.457. The number of aliphatic hydroxyl groups is 1. The minimum atomic E-state index is -1.16. The first-order valence-electron chi connectivity index (χ1n) is 3.80. The van der Waals surface area contributed by atoms with Crippen LogP contribution in [0, 0.1) is 15.9 Å². The van der Waals surface area contributed by atoms with Crippen LogP contribution in [0.15, 0.2) is 30.9 Å². The standard InChI is InChI=1S/C9H8FNO3/c1-2-9(12)7-4-3-6(10)5-8(7)11(13)14/h2-5,9,12H,1H2. The van der Waals surface area contributed by atoms with Crippen LogP contribution in [0.25, 0.3) is 0 Å². The van der Waals surface area contributed by atoms with Crippen LogP contribution in [0.3, 0.4) is 0 Å². The van der Waals surface area contributed by atoms with Crippen LogP contribution in [0.4, 0.5) is 10.1 Å². The lowest BCUT2D eigenvalue weighted by atomic mass is 10.1. The van der Waals surface area contributed by atoms with E-state index in [1.54, 1.807) is 0 Å². The predicted octanol–water partition coefficient (Wildman–Crippen LogP) is 1.95. The molecule has 1 aromatic rings. The molecule has 0 saturated carbocycles. The van der Waals surface area contributed by atoms with Gasteiger partial charge in [0.2, 0.25) is 0 Å². The fourth-order valence-electron chi connectivity index (χ4n) is 1.05. The summed E-state index contributed by atoms with van der Waals surface area (Å²) in [5.41, 5.74) is -0.413. The van der Waals surface area contributed by atoms with Crippen molar-refractivity contribution in [3.63, 3.8) is 0 Å². The summed E-state index contributed by atoms with van der Waals surface area (Å²) in [4.78, 5) is 9.74. The molecule has 0 amide bonds. The van der Waals surface area contributed by atoms with Crippen molar-refractivity contribution in [3.05, 3.63) is 52.3 Å². The molecule has 0 aliphatic carbocycles. The molecule has 1 aromatic carbocycles. The Morgan fingerprint density at radius 1 is 1.64 bits per heavy atom. The lowest BCUT2D eigenvalue weighted by molar-refractivity contribution is -0.386. The topological polar surface area (TPSA) is 63.4 Å². The summed E-state index contributed by atoms with van der Waals surface area (Å²) in [7, 11) is 0. The van der Waals surface area contributed by atoms with Crippen LogP contribution in [-0.2, 0) is 0 Å². The summed E-state index contributed by atoms with van der Waals surface area (Å²) in [6.07, 6.45) is -0.0174. The molecule has 1 atom stereocenters. The van der Waals surface area contributed by atoms with Gasteiger partial charge in [-0.1, -0.05) is 6.08 Å². The van der Waals surface area contributed by atoms with E-state index in [0.29, 0.717) is 0 Å². The molecule has 1 rings (SSSR count). The molecule has 74 valence electrons. The van der Waals surface area contributed by atoms with Gasteiger partial charge in [-0.2, -0.15) is 0 Å². The van der Waals surface area contributed by atoms with Gasteiger partial charge in [-0.3, -0.25) is 10.1 Å². The van der Waals surface area contributed by atoms with Crippen LogP contribution in [0.1, 0.15) is 11.7 Å². The molecule has 4 nitrogen and oxygen atoms in total. The molecule has 0 aromatic heterocycles. The summed E-state index contributed by atoms with van der Waals surface area (Å²) in [6, 6.07) is 2.98. The largest absolute Gasteiger partial charge is 0.384 e. The van der Waals surface area contributed by atoms with Gasteiger partial charge in [0.1, 0.15) is 11.9 Å². The van der Waals surface area contributed by atoms with E-state index in [2.05, 4.69) is 6.58 Å². The Kier molecular flexibility index (Phi) is 2.93. The van der Waals surface area contributed by atoms with E-state index < -0.39 is 22.5 Å². The second kappa shape index (κ2) is 3.97. The Morgan fingerprint density at radius 3 is 2.79 bits per heavy atom. The second-order valence-corrected chi connectivity index (χ2v) is 2.64. The number of hydrogen-bond acceptors (Lipinski definition) is 3. The van der Waals surface area contributed by atoms with Gasteiger partial charge >= 0.3 is 0 Å². The first kappa shape index (κ1) is 10.3. The molecule has 0 bridgehead atoms. The summed E-state index contributed by atoms with van der Waals surface area (Å²) in [5.74, 6) is -0.711. The lowest BCUT2D eigenvalue weighted by Crippen LogP contribution is -2.00. The summed E-state index contributed by atoms with van der Waals surface area (Å²) < 4.78 is 12.7. The Bertz CT molecular complexity index is 378. The van der Waals surface area contributed by atoms with Gasteiger partial charge < -0.3 is 5.11 Å². The zero-order valence-corrected chi connectivity index (χ0v) is 7.18. The fraction of sp³-hybridized carbons (Fsp3) is 0.111. The highest BCUT2D eigenvalue weighted by Crippen LogP contribution is 2.26. The van der Waals surface area contributed by atoms with Crippen molar-refractivity contribution in [2.24, 2.45) is 0 Å². The average Bonchev–Trinajstić information content (AvgIpc) is 2.16. The third-order valence-electron chi connectivity index (χ3n) is 1.73. The van der Waals surface area contributed by atoms with Crippen molar-refractivity contribution in [1.82, 2.24) is 0 Å². The van der Waals surface area contributed by atoms with Gasteiger partial charge in [-0.05, 0) is 12.1 Å². The van der Waals surface area contributed by atoms with Crippen molar-refractivity contribution in [3.8, 4) is 0 Å². The van der Waals surface area contributed by atoms with Gasteiger partial charge in [-0.25, -0.2) is 4.39 Å². The molecule has 0 fully saturated rings. The predicted molar refractivity (Wildman–Crippen MR) is 48.2 cm³/mol. The third-order valence-corrected chi connectivity index (χ3v) is 1.73. The van der Waals surface area contributed by atoms with Gasteiger partial charge in [0.05, 0.1) is 16.6 Å². The second-order valence-electron chi connectivity index (χ2n) is 2.64. The number of hydrogen-bond donors (Lipinski definition) is 1. The van der Waals surface area contributed by atoms with Crippen molar-refractivity contribution in [2.45, 2.75) is 6.10 Å². The Morgan fingerprint density at radius 2 is 2.29 bits per heavy atom. The number of aliphatic hydroxyl groups excluding tert-OH is 1. The highest BCUT2D eigenvalue weighted by molar-refractivity contribution is 5.43. The van der Waals surface area contributed by atoms with Crippen LogP contribution < -0.4 is 0 Å². The molecule has 1 unspecified atom stereocenters. The molecule has 0 radical (unpaired) electrons. The SMILES string of the molecule is C=CC(O)c1ccc(F)cc1[N+](=O)[O-]. The number of rotatable bonds is 3. The Labute approximate surface area is 79.4 Å². The molecule has 0 saturated heterocycles. The maximum Gasteiger partial charge on any atom is 0.278 e. The van der Waals surface area contributed by atoms with Crippen LogP contribution in [-0.4, -0.2) is 10.0 Å². The van der Waals surface area contributed by atoms with Gasteiger partial charge in [0.15, 0.2) is 0 Å². The highest BCUT2D eigenvalue weighted by Gasteiger charge is 2.18. The smallest absolute Gasteiger partial charge is 0.278 e. The zero-order chi connectivity index (χ0) is 10.7. The summed E-state index contributed by atoms with van der Waals surface area (Å²) in [6.45, 7) is 3.29. The molecular weight excluding hydrogens is 189 g/mol. The third kappa shape index (κ3) is 1.94. The molecule has 0 aliphatic rings. The molecule has 0 spiro atoms. The first-order chi connectivity index (χ1) is 6.56. The number of nitrogens with zero attached hydrogens (tertiary/aromatic N) is 1. The molecular formula is C9H8FNO3. The van der Waals surface area contributed by atoms with E-state index >= 15 is 0 Å². The molecule has 1 N–H and O–H groups in total. The Hall–Kier alpha value is -1.75. The van der Waals surface area contributed by atoms with Crippen molar-refractivity contribution in [2.75, 3.05) is 0 Å². The first-order valence-corrected chi connectivity index (χ1v) is 3.80. The van der Waals surface area contributed by atoms with Crippen LogP contribution in [0.5, 0.6) is 0 Å². The highest BCUT2D eigenvalue weighted by atomic mass is 19.1. The van der Waals surface area contributed by atoms with E-state index in [1.807, 2.05) is 0 Å². The monoisotopic (exact) mass is 197 g/mol. The van der Waals surface area contributed by atoms with Crippen molar-refractivity contribution < 1.29 is 14.4 Å². The van der Waals surface area contributed by atoms with Gasteiger partial charge in [-0.15, -0.1) is 6.58 Å². The number of benzene rings is 1. The van der Waals surface area contributed by atoms with E-state index in [1.165, 1.54) is 6.07 Å². The zero-order valence-electron chi connectivity index (χ0n) is 7.18.